The molecule has 0 aromatic carbocycles. The highest BCUT2D eigenvalue weighted by atomic mass is 16.6. The SMILES string of the molecule is C[C@@H]1C[C@]23CCC4[C@]5(C)CCC[C@]4(C)C2CC[C@]1(C3)OC(=O)CCCCCCCC(=O)O[C@H]1CC2[C@@]3(CCC4[C@@](C)(CCC[C@]42C)COCCCOC(=O)CC(=O)OCCCOC5)C[C@@H]1[C@@H](C)C3. The molecule has 384 valence electrons. The molecule has 10 aliphatic rings. The van der Waals surface area contributed by atoms with E-state index in [0.29, 0.717) is 99.0 Å². The Labute approximate surface area is 410 Å². The van der Waals surface area contributed by atoms with Crippen LogP contribution >= 0.6 is 0 Å². The maximum Gasteiger partial charge on any atom is 0.317 e. The number of ether oxygens (including phenoxy) is 6. The topological polar surface area (TPSA) is 124 Å². The lowest BCUT2D eigenvalue weighted by atomic mass is 9.41. The third-order valence-electron chi connectivity index (χ3n) is 22.2. The first kappa shape index (κ1) is 50.7. The van der Waals surface area contributed by atoms with Gasteiger partial charge < -0.3 is 28.4 Å². The van der Waals surface area contributed by atoms with Crippen molar-refractivity contribution in [3.8, 4) is 0 Å². The third kappa shape index (κ3) is 9.61. The van der Waals surface area contributed by atoms with Crippen LogP contribution in [-0.4, -0.2) is 75.2 Å². The number of carbonyl (C=O) groups is 4. The van der Waals surface area contributed by atoms with Gasteiger partial charge >= 0.3 is 23.9 Å². The fourth-order valence-electron chi connectivity index (χ4n) is 19.5. The largest absolute Gasteiger partial charge is 0.465 e. The Balaban J connectivity index is 0.823. The van der Waals surface area contributed by atoms with E-state index in [-0.39, 0.29) is 70.4 Å². The lowest BCUT2D eigenvalue weighted by molar-refractivity contribution is -0.190. The van der Waals surface area contributed by atoms with Crippen LogP contribution < -0.4 is 0 Å². The molecule has 10 rings (SSSR count). The van der Waals surface area contributed by atoms with Crippen LogP contribution in [-0.2, 0) is 47.6 Å². The first-order valence-electron chi connectivity index (χ1n) is 28.4. The summed E-state index contributed by atoms with van der Waals surface area (Å²) < 4.78 is 36.9. The van der Waals surface area contributed by atoms with E-state index in [9.17, 15) is 19.2 Å². The molecule has 0 aromatic heterocycles. The Kier molecular flexibility index (Phi) is 14.9. The van der Waals surface area contributed by atoms with Crippen molar-refractivity contribution in [2.45, 2.75) is 227 Å². The van der Waals surface area contributed by atoms with Gasteiger partial charge in [-0.3, -0.25) is 19.2 Å². The maximum atomic E-state index is 13.6. The number of hydrogen-bond acceptors (Lipinski definition) is 10. The van der Waals surface area contributed by atoms with E-state index >= 15 is 0 Å². The van der Waals surface area contributed by atoms with Crippen LogP contribution in [0, 0.1) is 73.9 Å². The van der Waals surface area contributed by atoms with E-state index in [2.05, 4.69) is 41.5 Å². The maximum absolute atomic E-state index is 13.6. The lowest BCUT2D eigenvalue weighted by Crippen LogP contribution is -2.58. The van der Waals surface area contributed by atoms with E-state index in [1.807, 2.05) is 0 Å². The standard InChI is InChI=1S/C58H92O10/c1-40-34-56-25-18-45-53(4)22-13-24-55(45,6)47(56)32-43(42(40)36-56)67-48(59)16-10-8-7-9-11-17-49(60)68-58-27-20-46-54(5)23-12-21-52(3,44(54)19-26-57(46,37-58)35-41(58)2)38-63-28-14-30-65-50(61)33-51(62)66-31-15-29-64-39-53/h40-47H,7-39H2,1-6H3/t40-,41+,42+,43-,44?,45?,46?,47?,52+,53-,54-,55+,56+,57-,58+/m0/s1. The second-order valence-corrected chi connectivity index (χ2v) is 26.4. The van der Waals surface area contributed by atoms with Gasteiger partial charge in [-0.2, -0.15) is 0 Å². The average molecular weight is 949 g/mol. The van der Waals surface area contributed by atoms with Crippen molar-refractivity contribution in [2.24, 2.45) is 73.9 Å². The van der Waals surface area contributed by atoms with E-state index < -0.39 is 11.9 Å². The molecule has 13 bridgehead atoms. The van der Waals surface area contributed by atoms with E-state index in [0.717, 1.165) is 70.6 Å². The molecule has 68 heavy (non-hydrogen) atoms. The van der Waals surface area contributed by atoms with Gasteiger partial charge in [0.2, 0.25) is 0 Å². The predicted molar refractivity (Wildman–Crippen MR) is 260 cm³/mol. The van der Waals surface area contributed by atoms with Crippen molar-refractivity contribution < 1.29 is 47.6 Å². The van der Waals surface area contributed by atoms with Crippen molar-refractivity contribution in [1.29, 1.82) is 0 Å². The Morgan fingerprint density at radius 3 is 1.69 bits per heavy atom. The van der Waals surface area contributed by atoms with E-state index in [1.165, 1.54) is 70.6 Å². The Bertz CT molecular complexity index is 1830. The third-order valence-corrected chi connectivity index (χ3v) is 22.2. The molecule has 10 heteroatoms. The summed E-state index contributed by atoms with van der Waals surface area (Å²) in [5.41, 5.74) is 0.844. The van der Waals surface area contributed by atoms with Gasteiger partial charge in [-0.1, -0.05) is 73.6 Å². The zero-order chi connectivity index (χ0) is 48.0. The summed E-state index contributed by atoms with van der Waals surface area (Å²) in [6.07, 6.45) is 26.3. The summed E-state index contributed by atoms with van der Waals surface area (Å²) in [6, 6.07) is 0. The van der Waals surface area contributed by atoms with Gasteiger partial charge in [-0.25, -0.2) is 0 Å². The number of fused-ring (bicyclic) bond motifs is 27. The zero-order valence-corrected chi connectivity index (χ0v) is 43.5. The molecule has 2 saturated heterocycles. The van der Waals surface area contributed by atoms with Crippen molar-refractivity contribution in [2.75, 3.05) is 39.6 Å². The minimum absolute atomic E-state index is 0.00635. The first-order valence-corrected chi connectivity index (χ1v) is 28.4. The molecule has 15 atom stereocenters. The summed E-state index contributed by atoms with van der Waals surface area (Å²) in [7, 11) is 0. The highest BCUT2D eigenvalue weighted by molar-refractivity contribution is 5.91. The second kappa shape index (κ2) is 20.0. The Morgan fingerprint density at radius 1 is 0.500 bits per heavy atom. The summed E-state index contributed by atoms with van der Waals surface area (Å²) in [6.45, 7) is 17.7. The fraction of sp³-hybridized carbons (Fsp3) is 0.931. The summed E-state index contributed by atoms with van der Waals surface area (Å²) >= 11 is 0. The number of carbonyl (C=O) groups excluding carboxylic acids is 4. The highest BCUT2D eigenvalue weighted by Crippen LogP contribution is 2.75. The van der Waals surface area contributed by atoms with E-state index in [1.54, 1.807) is 0 Å². The average Bonchev–Trinajstić information content (AvgIpc) is 3.66. The molecule has 0 aromatic rings. The van der Waals surface area contributed by atoms with Gasteiger partial charge in [0.1, 0.15) is 18.1 Å². The normalized spacial score (nSPS) is 48.3. The molecular weight excluding hydrogens is 857 g/mol. The molecule has 10 fully saturated rings. The summed E-state index contributed by atoms with van der Waals surface area (Å²) in [4.78, 5) is 52.3. The quantitative estimate of drug-likeness (QED) is 0.132. The Hall–Kier alpha value is -2.20. The second-order valence-electron chi connectivity index (χ2n) is 26.4. The van der Waals surface area contributed by atoms with Crippen molar-refractivity contribution >= 4 is 23.9 Å². The molecule has 3 spiro atoms. The number of esters is 4. The molecule has 0 radical (unpaired) electrons. The predicted octanol–water partition coefficient (Wildman–Crippen LogP) is 12.3. The van der Waals surface area contributed by atoms with Crippen LogP contribution in [0.25, 0.3) is 0 Å². The smallest absolute Gasteiger partial charge is 0.317 e. The van der Waals surface area contributed by atoms with Gasteiger partial charge in [0.05, 0.1) is 26.4 Å². The van der Waals surface area contributed by atoms with Gasteiger partial charge in [-0.15, -0.1) is 0 Å². The van der Waals surface area contributed by atoms with Crippen molar-refractivity contribution in [3.63, 3.8) is 0 Å². The summed E-state index contributed by atoms with van der Waals surface area (Å²) in [5, 5.41) is 0. The lowest BCUT2D eigenvalue weighted by Gasteiger charge is -2.64. The first-order chi connectivity index (χ1) is 32.5. The molecule has 2 heterocycles. The van der Waals surface area contributed by atoms with Crippen LogP contribution in [0.2, 0.25) is 0 Å². The van der Waals surface area contributed by atoms with Crippen LogP contribution in [0.1, 0.15) is 215 Å². The van der Waals surface area contributed by atoms with Gasteiger partial charge in [-0.05, 0) is 183 Å². The van der Waals surface area contributed by atoms with Gasteiger partial charge in [0, 0.05) is 38.9 Å². The molecule has 8 saturated carbocycles. The monoisotopic (exact) mass is 949 g/mol. The minimum Gasteiger partial charge on any atom is -0.465 e. The van der Waals surface area contributed by atoms with Crippen LogP contribution in [0.4, 0.5) is 0 Å². The molecule has 4 unspecified atom stereocenters. The molecule has 10 nitrogen and oxygen atoms in total. The van der Waals surface area contributed by atoms with Gasteiger partial charge in [0.15, 0.2) is 0 Å². The fourth-order valence-corrected chi connectivity index (χ4v) is 19.5. The highest BCUT2D eigenvalue weighted by Gasteiger charge is 2.69. The van der Waals surface area contributed by atoms with Crippen LogP contribution in [0.5, 0.6) is 0 Å². The van der Waals surface area contributed by atoms with Crippen LogP contribution in [0.15, 0.2) is 0 Å². The molecular formula is C58H92O10. The van der Waals surface area contributed by atoms with Crippen molar-refractivity contribution in [1.82, 2.24) is 0 Å². The van der Waals surface area contributed by atoms with Crippen LogP contribution in [0.3, 0.4) is 0 Å². The molecule has 0 N–H and O–H groups in total. The number of rotatable bonds is 0. The number of hydrogen-bond donors (Lipinski definition) is 0. The molecule has 0 amide bonds. The summed E-state index contributed by atoms with van der Waals surface area (Å²) in [5.74, 6) is 2.58. The Morgan fingerprint density at radius 2 is 1.06 bits per heavy atom. The molecule has 2 aliphatic heterocycles. The molecule has 8 aliphatic carbocycles. The minimum atomic E-state index is -0.554. The zero-order valence-electron chi connectivity index (χ0n) is 43.5. The van der Waals surface area contributed by atoms with Crippen molar-refractivity contribution in [3.05, 3.63) is 0 Å². The van der Waals surface area contributed by atoms with Gasteiger partial charge in [0.25, 0.3) is 0 Å². The van der Waals surface area contributed by atoms with E-state index in [4.69, 9.17) is 28.4 Å².